The first-order valence-corrected chi connectivity index (χ1v) is 11.0. The standard InChI is InChI=1S/C24H26F3N5O3/c1-2-3-12-31(19(33)14-29-18-11-7-10-17(13-18)24(25,26)27)20-21(28)32(23(35)30-22(20)34)15-16-8-5-4-6-9-16/h4-11,13,29H,2-3,12,14-15,28H2,1H3,(H,30,34,35). The van der Waals surface area contributed by atoms with Crippen molar-refractivity contribution in [2.24, 2.45) is 0 Å². The van der Waals surface area contributed by atoms with E-state index in [2.05, 4.69) is 10.3 Å². The van der Waals surface area contributed by atoms with Gasteiger partial charge in [-0.1, -0.05) is 49.7 Å². The Kier molecular flexibility index (Phi) is 8.00. The van der Waals surface area contributed by atoms with Crippen molar-refractivity contribution in [1.82, 2.24) is 9.55 Å². The predicted molar refractivity (Wildman–Crippen MR) is 128 cm³/mol. The molecule has 0 saturated carbocycles. The van der Waals surface area contributed by atoms with E-state index < -0.39 is 28.9 Å². The van der Waals surface area contributed by atoms with E-state index in [4.69, 9.17) is 5.73 Å². The van der Waals surface area contributed by atoms with Gasteiger partial charge < -0.3 is 16.0 Å². The molecule has 0 fully saturated rings. The highest BCUT2D eigenvalue weighted by molar-refractivity contribution is 5.98. The first-order chi connectivity index (χ1) is 16.6. The van der Waals surface area contributed by atoms with Gasteiger partial charge in [-0.25, -0.2) is 4.79 Å². The molecule has 3 rings (SSSR count). The van der Waals surface area contributed by atoms with E-state index in [-0.39, 0.29) is 36.8 Å². The van der Waals surface area contributed by atoms with Crippen LogP contribution in [0.1, 0.15) is 30.9 Å². The lowest BCUT2D eigenvalue weighted by atomic mass is 10.2. The van der Waals surface area contributed by atoms with Gasteiger partial charge in [-0.3, -0.25) is 19.1 Å². The molecule has 0 unspecified atom stereocenters. The van der Waals surface area contributed by atoms with Gasteiger partial charge in [0.2, 0.25) is 5.91 Å². The molecule has 186 valence electrons. The van der Waals surface area contributed by atoms with Crippen LogP contribution in [0.15, 0.2) is 64.2 Å². The lowest BCUT2D eigenvalue weighted by Gasteiger charge is -2.25. The summed E-state index contributed by atoms with van der Waals surface area (Å²) in [6, 6.07) is 13.4. The molecule has 0 aliphatic carbocycles. The van der Waals surface area contributed by atoms with Crippen LogP contribution in [0.4, 0.5) is 30.4 Å². The van der Waals surface area contributed by atoms with Gasteiger partial charge in [-0.2, -0.15) is 13.2 Å². The number of nitrogens with one attached hydrogen (secondary N) is 2. The average molecular weight is 489 g/mol. The van der Waals surface area contributed by atoms with E-state index in [9.17, 15) is 27.6 Å². The fourth-order valence-corrected chi connectivity index (χ4v) is 3.52. The van der Waals surface area contributed by atoms with Crippen LogP contribution in [-0.2, 0) is 17.5 Å². The van der Waals surface area contributed by atoms with Crippen LogP contribution in [0.25, 0.3) is 0 Å². The SMILES string of the molecule is CCCCN(C(=O)CNc1cccc(C(F)(F)F)c1)c1c(N)n(Cc2ccccc2)c(=O)[nH]c1=O. The Morgan fingerprint density at radius 2 is 1.83 bits per heavy atom. The molecule has 0 aliphatic heterocycles. The molecule has 0 bridgehead atoms. The number of benzene rings is 2. The maximum atomic E-state index is 13.1. The van der Waals surface area contributed by atoms with Gasteiger partial charge in [0.15, 0.2) is 5.69 Å². The van der Waals surface area contributed by atoms with Crippen LogP contribution in [0.5, 0.6) is 0 Å². The molecule has 2 aromatic carbocycles. The zero-order valence-corrected chi connectivity index (χ0v) is 19.1. The van der Waals surface area contributed by atoms with Gasteiger partial charge in [0.25, 0.3) is 5.56 Å². The Balaban J connectivity index is 1.91. The zero-order chi connectivity index (χ0) is 25.6. The largest absolute Gasteiger partial charge is 0.416 e. The summed E-state index contributed by atoms with van der Waals surface area (Å²) in [6.45, 7) is 1.72. The molecule has 0 aliphatic rings. The number of hydrogen-bond acceptors (Lipinski definition) is 5. The van der Waals surface area contributed by atoms with Crippen LogP contribution >= 0.6 is 0 Å². The van der Waals surface area contributed by atoms with Gasteiger partial charge in [0, 0.05) is 12.2 Å². The molecule has 1 heterocycles. The van der Waals surface area contributed by atoms with E-state index in [1.54, 1.807) is 24.3 Å². The Morgan fingerprint density at radius 1 is 1.11 bits per heavy atom. The van der Waals surface area contributed by atoms with Crippen LogP contribution in [0, 0.1) is 0 Å². The van der Waals surface area contributed by atoms with Crippen molar-refractivity contribution in [3.63, 3.8) is 0 Å². The topological polar surface area (TPSA) is 113 Å². The Bertz CT molecular complexity index is 1290. The number of amides is 1. The highest BCUT2D eigenvalue weighted by Crippen LogP contribution is 2.30. The number of carbonyl (C=O) groups excluding carboxylic acids is 1. The quantitative estimate of drug-likeness (QED) is 0.426. The lowest BCUT2D eigenvalue weighted by molar-refractivity contribution is -0.137. The molecule has 11 heteroatoms. The highest BCUT2D eigenvalue weighted by Gasteiger charge is 2.30. The predicted octanol–water partition coefficient (Wildman–Crippen LogP) is 3.43. The summed E-state index contributed by atoms with van der Waals surface area (Å²) in [7, 11) is 0. The molecule has 1 aromatic heterocycles. The fraction of sp³-hybridized carbons (Fsp3) is 0.292. The maximum absolute atomic E-state index is 13.1. The molecule has 0 atom stereocenters. The normalized spacial score (nSPS) is 11.3. The lowest BCUT2D eigenvalue weighted by Crippen LogP contribution is -2.43. The van der Waals surface area contributed by atoms with E-state index in [0.717, 1.165) is 17.7 Å². The molecule has 0 saturated heterocycles. The van der Waals surface area contributed by atoms with E-state index in [1.165, 1.54) is 21.6 Å². The minimum Gasteiger partial charge on any atom is -0.383 e. The summed E-state index contributed by atoms with van der Waals surface area (Å²) in [5.41, 5.74) is 4.51. The van der Waals surface area contributed by atoms with E-state index >= 15 is 0 Å². The molecule has 35 heavy (non-hydrogen) atoms. The highest BCUT2D eigenvalue weighted by atomic mass is 19.4. The number of anilines is 3. The molecule has 4 N–H and O–H groups in total. The number of H-pyrrole nitrogens is 1. The van der Waals surface area contributed by atoms with Crippen LogP contribution in [-0.4, -0.2) is 28.5 Å². The zero-order valence-electron chi connectivity index (χ0n) is 19.1. The van der Waals surface area contributed by atoms with Crippen molar-refractivity contribution in [3.8, 4) is 0 Å². The van der Waals surface area contributed by atoms with Crippen molar-refractivity contribution in [2.45, 2.75) is 32.5 Å². The molecule has 8 nitrogen and oxygen atoms in total. The maximum Gasteiger partial charge on any atom is 0.416 e. The first kappa shape index (κ1) is 25.6. The number of nitrogens with zero attached hydrogens (tertiary/aromatic N) is 2. The summed E-state index contributed by atoms with van der Waals surface area (Å²) in [4.78, 5) is 41.7. The third-order valence-corrected chi connectivity index (χ3v) is 5.34. The molecule has 3 aromatic rings. The first-order valence-electron chi connectivity index (χ1n) is 11.0. The Morgan fingerprint density at radius 3 is 2.49 bits per heavy atom. The van der Waals surface area contributed by atoms with Crippen LogP contribution < -0.4 is 27.2 Å². The van der Waals surface area contributed by atoms with Gasteiger partial charge in [0.05, 0.1) is 18.7 Å². The van der Waals surface area contributed by atoms with Gasteiger partial charge in [0.1, 0.15) is 5.82 Å². The molecule has 1 amide bonds. The number of alkyl halides is 3. The van der Waals surface area contributed by atoms with E-state index in [0.29, 0.717) is 12.8 Å². The number of aromatic nitrogens is 2. The van der Waals surface area contributed by atoms with Gasteiger partial charge in [-0.15, -0.1) is 0 Å². The van der Waals surface area contributed by atoms with Crippen molar-refractivity contribution in [2.75, 3.05) is 29.0 Å². The summed E-state index contributed by atoms with van der Waals surface area (Å²) in [5, 5.41) is 2.68. The van der Waals surface area contributed by atoms with Crippen LogP contribution in [0.3, 0.4) is 0 Å². The van der Waals surface area contributed by atoms with Crippen molar-refractivity contribution in [3.05, 3.63) is 86.6 Å². The number of nitrogen functional groups attached to an aromatic ring is 1. The van der Waals surface area contributed by atoms with Crippen LogP contribution in [0.2, 0.25) is 0 Å². The Labute approximate surface area is 199 Å². The fourth-order valence-electron chi connectivity index (χ4n) is 3.52. The summed E-state index contributed by atoms with van der Waals surface area (Å²) >= 11 is 0. The second-order valence-corrected chi connectivity index (χ2v) is 7.90. The smallest absolute Gasteiger partial charge is 0.383 e. The number of unbranched alkanes of at least 4 members (excludes halogenated alkanes) is 1. The molecular formula is C24H26F3N5O3. The molecule has 0 spiro atoms. The number of aromatic amines is 1. The third kappa shape index (κ3) is 6.31. The number of carbonyl (C=O) groups is 1. The van der Waals surface area contributed by atoms with Gasteiger partial charge >= 0.3 is 11.9 Å². The minimum atomic E-state index is -4.52. The number of nitrogens with two attached hydrogens (primary N) is 1. The van der Waals surface area contributed by atoms with Crippen molar-refractivity contribution >= 4 is 23.1 Å². The van der Waals surface area contributed by atoms with Crippen molar-refractivity contribution in [1.29, 1.82) is 0 Å². The monoisotopic (exact) mass is 489 g/mol. The Hall–Kier alpha value is -4.02. The van der Waals surface area contributed by atoms with Gasteiger partial charge in [-0.05, 0) is 30.2 Å². The summed E-state index contributed by atoms with van der Waals surface area (Å²) in [6.07, 6.45) is -3.29. The molecule has 0 radical (unpaired) electrons. The number of rotatable bonds is 9. The minimum absolute atomic E-state index is 0.0770. The number of hydrogen-bond donors (Lipinski definition) is 3. The van der Waals surface area contributed by atoms with Crippen molar-refractivity contribution < 1.29 is 18.0 Å². The summed E-state index contributed by atoms with van der Waals surface area (Å²) < 4.78 is 40.1. The average Bonchev–Trinajstić information content (AvgIpc) is 2.82. The number of halogens is 3. The third-order valence-electron chi connectivity index (χ3n) is 5.34. The second-order valence-electron chi connectivity index (χ2n) is 7.90. The summed E-state index contributed by atoms with van der Waals surface area (Å²) in [5.74, 6) is -0.760. The van der Waals surface area contributed by atoms with E-state index in [1.807, 2.05) is 13.0 Å². The molecular weight excluding hydrogens is 463 g/mol. The second kappa shape index (κ2) is 10.9.